The molecule has 0 amide bonds. The number of halogens is 1. The van der Waals surface area contributed by atoms with E-state index < -0.39 is 0 Å². The first-order valence-corrected chi connectivity index (χ1v) is 7.76. The molecule has 2 aromatic rings. The number of aromatic nitrogens is 3. The summed E-state index contributed by atoms with van der Waals surface area (Å²) >= 11 is 6.10. The second-order valence-electron chi connectivity index (χ2n) is 5.63. The van der Waals surface area contributed by atoms with Crippen molar-refractivity contribution < 1.29 is 4.52 Å². The summed E-state index contributed by atoms with van der Waals surface area (Å²) in [6.07, 6.45) is 4.98. The standard InChI is InChI=1S/C15H19ClN4O/c1-10(11-4-2-6-17-9-11)8-13-19-15(20-21-13)14-12(16)5-3-7-18-14/h3,5,7,10-11,17H,2,4,6,8-9H2,1H3. The van der Waals surface area contributed by atoms with Crippen LogP contribution in [-0.2, 0) is 6.42 Å². The molecule has 1 fully saturated rings. The number of piperidine rings is 1. The Hall–Kier alpha value is -1.46. The lowest BCUT2D eigenvalue weighted by Gasteiger charge is -2.27. The molecule has 3 rings (SSSR count). The predicted molar refractivity (Wildman–Crippen MR) is 81.0 cm³/mol. The summed E-state index contributed by atoms with van der Waals surface area (Å²) < 4.78 is 5.36. The van der Waals surface area contributed by atoms with Gasteiger partial charge >= 0.3 is 0 Å². The van der Waals surface area contributed by atoms with Crippen LogP contribution in [0.25, 0.3) is 11.5 Å². The third-order valence-corrected chi connectivity index (χ3v) is 4.38. The molecule has 21 heavy (non-hydrogen) atoms. The molecule has 1 aliphatic heterocycles. The van der Waals surface area contributed by atoms with E-state index in [9.17, 15) is 0 Å². The van der Waals surface area contributed by atoms with E-state index in [0.717, 1.165) is 19.5 Å². The number of nitrogens with one attached hydrogen (secondary N) is 1. The van der Waals surface area contributed by atoms with Gasteiger partial charge in [-0.1, -0.05) is 23.7 Å². The van der Waals surface area contributed by atoms with Gasteiger partial charge < -0.3 is 9.84 Å². The van der Waals surface area contributed by atoms with E-state index in [0.29, 0.717) is 34.3 Å². The van der Waals surface area contributed by atoms with Crippen LogP contribution in [0.2, 0.25) is 5.02 Å². The lowest BCUT2D eigenvalue weighted by Crippen LogP contribution is -2.33. The Bertz CT molecular complexity index is 595. The molecule has 0 radical (unpaired) electrons. The van der Waals surface area contributed by atoms with Gasteiger partial charge in [0.05, 0.1) is 5.02 Å². The first kappa shape index (κ1) is 14.5. The van der Waals surface area contributed by atoms with Crippen molar-refractivity contribution in [3.8, 4) is 11.5 Å². The molecule has 2 aromatic heterocycles. The molecule has 0 spiro atoms. The maximum absolute atomic E-state index is 6.10. The highest BCUT2D eigenvalue weighted by Gasteiger charge is 2.22. The fourth-order valence-corrected chi connectivity index (χ4v) is 3.00. The van der Waals surface area contributed by atoms with Crippen molar-refractivity contribution in [2.45, 2.75) is 26.2 Å². The largest absolute Gasteiger partial charge is 0.339 e. The number of nitrogens with zero attached hydrogens (tertiary/aromatic N) is 3. The topological polar surface area (TPSA) is 63.8 Å². The van der Waals surface area contributed by atoms with Crippen LogP contribution in [0, 0.1) is 11.8 Å². The molecule has 1 N–H and O–H groups in total. The van der Waals surface area contributed by atoms with Crippen LogP contribution in [0.4, 0.5) is 0 Å². The van der Waals surface area contributed by atoms with Gasteiger partial charge in [-0.15, -0.1) is 0 Å². The molecular formula is C15H19ClN4O. The average Bonchev–Trinajstić information content (AvgIpc) is 2.97. The molecule has 0 bridgehead atoms. The van der Waals surface area contributed by atoms with Gasteiger partial charge in [0, 0.05) is 12.6 Å². The zero-order valence-corrected chi connectivity index (χ0v) is 12.8. The van der Waals surface area contributed by atoms with E-state index in [1.54, 1.807) is 18.3 Å². The first-order chi connectivity index (χ1) is 10.2. The van der Waals surface area contributed by atoms with Gasteiger partial charge in [0.1, 0.15) is 5.69 Å². The molecule has 1 saturated heterocycles. The molecule has 2 unspecified atom stereocenters. The summed E-state index contributed by atoms with van der Waals surface area (Å²) in [5.74, 6) is 2.31. The average molecular weight is 307 g/mol. The highest BCUT2D eigenvalue weighted by molar-refractivity contribution is 6.32. The monoisotopic (exact) mass is 306 g/mol. The zero-order chi connectivity index (χ0) is 14.7. The van der Waals surface area contributed by atoms with Gasteiger partial charge in [0.25, 0.3) is 0 Å². The predicted octanol–water partition coefficient (Wildman–Crippen LogP) is 2.96. The Balaban J connectivity index is 1.69. The van der Waals surface area contributed by atoms with Gasteiger partial charge in [-0.2, -0.15) is 4.98 Å². The van der Waals surface area contributed by atoms with Gasteiger partial charge in [0.2, 0.25) is 11.7 Å². The van der Waals surface area contributed by atoms with Crippen LogP contribution < -0.4 is 5.32 Å². The third-order valence-electron chi connectivity index (χ3n) is 4.07. The highest BCUT2D eigenvalue weighted by Crippen LogP contribution is 2.25. The summed E-state index contributed by atoms with van der Waals surface area (Å²) in [6, 6.07) is 3.56. The smallest absolute Gasteiger partial charge is 0.227 e. The van der Waals surface area contributed by atoms with Crippen molar-refractivity contribution in [2.75, 3.05) is 13.1 Å². The van der Waals surface area contributed by atoms with E-state index in [-0.39, 0.29) is 0 Å². The minimum absolute atomic E-state index is 0.463. The van der Waals surface area contributed by atoms with Crippen LogP contribution in [0.15, 0.2) is 22.9 Å². The second kappa shape index (κ2) is 6.54. The van der Waals surface area contributed by atoms with Crippen LogP contribution in [0.1, 0.15) is 25.7 Å². The Morgan fingerprint density at radius 3 is 3.19 bits per heavy atom. The van der Waals surface area contributed by atoms with Crippen molar-refractivity contribution in [3.63, 3.8) is 0 Å². The van der Waals surface area contributed by atoms with Crippen LogP contribution >= 0.6 is 11.6 Å². The summed E-state index contributed by atoms with van der Waals surface area (Å²) in [5, 5.41) is 7.98. The maximum Gasteiger partial charge on any atom is 0.227 e. The Morgan fingerprint density at radius 1 is 1.52 bits per heavy atom. The van der Waals surface area contributed by atoms with Crippen LogP contribution in [0.3, 0.4) is 0 Å². The van der Waals surface area contributed by atoms with Crippen molar-refractivity contribution in [2.24, 2.45) is 11.8 Å². The van der Waals surface area contributed by atoms with Crippen LogP contribution in [0.5, 0.6) is 0 Å². The Morgan fingerprint density at radius 2 is 2.43 bits per heavy atom. The van der Waals surface area contributed by atoms with Gasteiger partial charge in [-0.25, -0.2) is 0 Å². The van der Waals surface area contributed by atoms with E-state index >= 15 is 0 Å². The second-order valence-corrected chi connectivity index (χ2v) is 6.04. The molecule has 0 aromatic carbocycles. The Labute approximate surface area is 129 Å². The van der Waals surface area contributed by atoms with Crippen LogP contribution in [-0.4, -0.2) is 28.2 Å². The minimum Gasteiger partial charge on any atom is -0.339 e. The van der Waals surface area contributed by atoms with E-state index in [2.05, 4.69) is 27.4 Å². The number of hydrogen-bond acceptors (Lipinski definition) is 5. The summed E-state index contributed by atoms with van der Waals surface area (Å²) in [6.45, 7) is 4.45. The third kappa shape index (κ3) is 3.41. The normalized spacial score (nSPS) is 20.4. The van der Waals surface area contributed by atoms with E-state index in [4.69, 9.17) is 16.1 Å². The van der Waals surface area contributed by atoms with E-state index in [1.165, 1.54) is 12.8 Å². The SMILES string of the molecule is CC(Cc1nc(-c2ncccc2Cl)no1)C1CCCNC1. The minimum atomic E-state index is 0.463. The zero-order valence-electron chi connectivity index (χ0n) is 12.1. The molecule has 112 valence electrons. The van der Waals surface area contributed by atoms with E-state index in [1.807, 2.05) is 0 Å². The molecule has 5 nitrogen and oxygen atoms in total. The first-order valence-electron chi connectivity index (χ1n) is 7.38. The van der Waals surface area contributed by atoms with Gasteiger partial charge in [-0.3, -0.25) is 4.98 Å². The maximum atomic E-state index is 6.10. The fraction of sp³-hybridized carbons (Fsp3) is 0.533. The summed E-state index contributed by atoms with van der Waals surface area (Å²) in [4.78, 5) is 8.63. The number of rotatable bonds is 4. The fourth-order valence-electron chi connectivity index (χ4n) is 2.79. The summed E-state index contributed by atoms with van der Waals surface area (Å²) in [7, 11) is 0. The number of hydrogen-bond donors (Lipinski definition) is 1. The molecule has 3 heterocycles. The van der Waals surface area contributed by atoms with Gasteiger partial charge in [0.15, 0.2) is 0 Å². The highest BCUT2D eigenvalue weighted by atomic mass is 35.5. The molecule has 0 saturated carbocycles. The quantitative estimate of drug-likeness (QED) is 0.941. The van der Waals surface area contributed by atoms with Crippen molar-refractivity contribution >= 4 is 11.6 Å². The molecule has 0 aliphatic carbocycles. The molecule has 6 heteroatoms. The van der Waals surface area contributed by atoms with Crippen molar-refractivity contribution in [1.82, 2.24) is 20.4 Å². The Kier molecular flexibility index (Phi) is 4.51. The van der Waals surface area contributed by atoms with Crippen molar-refractivity contribution in [1.29, 1.82) is 0 Å². The number of pyridine rings is 1. The molecule has 2 atom stereocenters. The molecular weight excluding hydrogens is 288 g/mol. The lowest BCUT2D eigenvalue weighted by atomic mass is 9.85. The molecule has 1 aliphatic rings. The summed E-state index contributed by atoms with van der Waals surface area (Å²) in [5.41, 5.74) is 0.571. The van der Waals surface area contributed by atoms with Crippen molar-refractivity contribution in [3.05, 3.63) is 29.2 Å². The lowest BCUT2D eigenvalue weighted by molar-refractivity contribution is 0.257. The van der Waals surface area contributed by atoms with Gasteiger partial charge in [-0.05, 0) is 49.9 Å².